The zero-order valence-corrected chi connectivity index (χ0v) is 20.0. The molecule has 2 aliphatic heterocycles. The smallest absolute Gasteiger partial charge is 0.256 e. The second-order valence-corrected chi connectivity index (χ2v) is 9.18. The molecule has 4 rings (SSSR count). The number of carbonyl (C=O) groups excluding carboxylic acids is 3. The van der Waals surface area contributed by atoms with Crippen molar-refractivity contribution < 1.29 is 23.5 Å². The number of halogens is 1. The van der Waals surface area contributed by atoms with E-state index in [2.05, 4.69) is 5.32 Å². The normalized spacial score (nSPS) is 17.5. The fraction of sp³-hybridized carbons (Fsp3) is 0.444. The maximum Gasteiger partial charge on any atom is 0.256 e. The van der Waals surface area contributed by atoms with Gasteiger partial charge in [0, 0.05) is 31.7 Å². The molecular formula is C27H32FN3O4. The van der Waals surface area contributed by atoms with Crippen LogP contribution < -0.4 is 10.1 Å². The summed E-state index contributed by atoms with van der Waals surface area (Å²) in [5.41, 5.74) is 0.478. The van der Waals surface area contributed by atoms with Gasteiger partial charge in [0.25, 0.3) is 11.8 Å². The van der Waals surface area contributed by atoms with Gasteiger partial charge in [0.1, 0.15) is 17.6 Å². The quantitative estimate of drug-likeness (QED) is 0.685. The molecule has 2 heterocycles. The minimum absolute atomic E-state index is 0.0539. The van der Waals surface area contributed by atoms with Crippen molar-refractivity contribution in [1.29, 1.82) is 0 Å². The van der Waals surface area contributed by atoms with Crippen LogP contribution in [0.25, 0.3) is 0 Å². The van der Waals surface area contributed by atoms with Crippen LogP contribution in [-0.2, 0) is 4.79 Å². The lowest BCUT2D eigenvalue weighted by Crippen LogP contribution is -2.55. The number of piperidine rings is 2. The van der Waals surface area contributed by atoms with E-state index in [9.17, 15) is 18.8 Å². The Bertz CT molecular complexity index is 1060. The van der Waals surface area contributed by atoms with Crippen LogP contribution in [0.5, 0.6) is 5.75 Å². The van der Waals surface area contributed by atoms with Gasteiger partial charge in [0.2, 0.25) is 5.91 Å². The van der Waals surface area contributed by atoms with E-state index in [-0.39, 0.29) is 29.2 Å². The molecule has 186 valence electrons. The Morgan fingerprint density at radius 2 is 1.66 bits per heavy atom. The van der Waals surface area contributed by atoms with Crippen molar-refractivity contribution >= 4 is 17.7 Å². The van der Waals surface area contributed by atoms with Gasteiger partial charge >= 0.3 is 0 Å². The molecule has 3 amide bonds. The molecule has 2 aromatic rings. The van der Waals surface area contributed by atoms with Gasteiger partial charge in [-0.3, -0.25) is 14.4 Å². The molecule has 0 aliphatic carbocycles. The van der Waals surface area contributed by atoms with Crippen LogP contribution >= 0.6 is 0 Å². The van der Waals surface area contributed by atoms with Crippen molar-refractivity contribution in [3.05, 3.63) is 65.5 Å². The molecule has 0 radical (unpaired) electrons. The third-order valence-electron chi connectivity index (χ3n) is 6.95. The average Bonchev–Trinajstić information content (AvgIpc) is 2.91. The molecule has 1 unspecified atom stereocenters. The summed E-state index contributed by atoms with van der Waals surface area (Å²) in [6, 6.07) is 12.1. The highest BCUT2D eigenvalue weighted by atomic mass is 19.1. The molecule has 35 heavy (non-hydrogen) atoms. The van der Waals surface area contributed by atoms with Gasteiger partial charge in [0.05, 0.1) is 12.7 Å². The molecule has 7 nitrogen and oxygen atoms in total. The fourth-order valence-corrected chi connectivity index (χ4v) is 4.92. The van der Waals surface area contributed by atoms with E-state index in [0.717, 1.165) is 19.3 Å². The first kappa shape index (κ1) is 24.7. The zero-order chi connectivity index (χ0) is 24.8. The number of carbonyl (C=O) groups is 3. The molecule has 0 aromatic heterocycles. The number of nitrogens with one attached hydrogen (secondary N) is 1. The molecule has 0 spiro atoms. The number of nitrogens with zero attached hydrogens (tertiary/aromatic N) is 2. The Hall–Kier alpha value is -3.42. The van der Waals surface area contributed by atoms with Crippen LogP contribution in [0.4, 0.5) is 4.39 Å². The van der Waals surface area contributed by atoms with Crippen molar-refractivity contribution in [2.24, 2.45) is 5.92 Å². The average molecular weight is 482 g/mol. The Balaban J connectivity index is 1.48. The van der Waals surface area contributed by atoms with E-state index >= 15 is 0 Å². The van der Waals surface area contributed by atoms with Crippen LogP contribution in [0.3, 0.4) is 0 Å². The Morgan fingerprint density at radius 1 is 0.943 bits per heavy atom. The van der Waals surface area contributed by atoms with Gasteiger partial charge in [0.15, 0.2) is 0 Å². The summed E-state index contributed by atoms with van der Waals surface area (Å²) in [6.45, 7) is 2.18. The standard InChI is InChI=1S/C27H32FN3O4/c1-35-21-9-7-8-20(18-21)25(32)29-24(27(34)30-14-5-2-6-15-30)19-12-16-31(17-13-19)26(33)22-10-3-4-11-23(22)28/h3-4,7-11,18-19,24H,2,5-6,12-17H2,1H3,(H,29,32). The summed E-state index contributed by atoms with van der Waals surface area (Å²) in [6.07, 6.45) is 4.10. The summed E-state index contributed by atoms with van der Waals surface area (Å²) in [7, 11) is 1.54. The summed E-state index contributed by atoms with van der Waals surface area (Å²) in [4.78, 5) is 42.9. The van der Waals surface area contributed by atoms with Gasteiger partial charge in [-0.1, -0.05) is 18.2 Å². The molecule has 2 saturated heterocycles. The van der Waals surface area contributed by atoms with Crippen molar-refractivity contribution in [2.75, 3.05) is 33.3 Å². The minimum Gasteiger partial charge on any atom is -0.497 e. The molecule has 8 heteroatoms. The molecule has 2 fully saturated rings. The van der Waals surface area contributed by atoms with Crippen molar-refractivity contribution in [2.45, 2.75) is 38.1 Å². The summed E-state index contributed by atoms with van der Waals surface area (Å²) in [5, 5.41) is 2.99. The molecule has 2 aromatic carbocycles. The van der Waals surface area contributed by atoms with E-state index in [4.69, 9.17) is 4.74 Å². The van der Waals surface area contributed by atoms with E-state index in [0.29, 0.717) is 50.3 Å². The lowest BCUT2D eigenvalue weighted by atomic mass is 9.87. The van der Waals surface area contributed by atoms with Crippen LogP contribution in [0.15, 0.2) is 48.5 Å². The number of rotatable bonds is 6. The predicted molar refractivity (Wildman–Crippen MR) is 130 cm³/mol. The minimum atomic E-state index is -0.683. The van der Waals surface area contributed by atoms with Crippen molar-refractivity contribution in [1.82, 2.24) is 15.1 Å². The lowest BCUT2D eigenvalue weighted by molar-refractivity contribution is -0.136. The molecule has 2 aliphatic rings. The second-order valence-electron chi connectivity index (χ2n) is 9.18. The van der Waals surface area contributed by atoms with Crippen LogP contribution in [0.1, 0.15) is 52.8 Å². The lowest BCUT2D eigenvalue weighted by Gasteiger charge is -2.38. The Kier molecular flexibility index (Phi) is 8.00. The first-order chi connectivity index (χ1) is 17.0. The maximum atomic E-state index is 14.1. The largest absolute Gasteiger partial charge is 0.497 e. The molecule has 1 atom stereocenters. The van der Waals surface area contributed by atoms with Gasteiger partial charge < -0.3 is 19.9 Å². The van der Waals surface area contributed by atoms with E-state index < -0.39 is 11.9 Å². The number of benzene rings is 2. The number of methoxy groups -OCH3 is 1. The van der Waals surface area contributed by atoms with Crippen LogP contribution in [0, 0.1) is 11.7 Å². The van der Waals surface area contributed by atoms with Gasteiger partial charge in [-0.05, 0) is 68.4 Å². The van der Waals surface area contributed by atoms with Crippen LogP contribution in [0.2, 0.25) is 0 Å². The number of amides is 3. The van der Waals surface area contributed by atoms with E-state index in [1.807, 2.05) is 4.90 Å². The third-order valence-corrected chi connectivity index (χ3v) is 6.95. The van der Waals surface area contributed by atoms with Gasteiger partial charge in [-0.15, -0.1) is 0 Å². The number of hydrogen-bond acceptors (Lipinski definition) is 4. The van der Waals surface area contributed by atoms with E-state index in [1.54, 1.807) is 41.3 Å². The van der Waals surface area contributed by atoms with Crippen molar-refractivity contribution in [3.8, 4) is 5.75 Å². The second kappa shape index (κ2) is 11.3. The third kappa shape index (κ3) is 5.81. The monoisotopic (exact) mass is 481 g/mol. The summed E-state index contributed by atoms with van der Waals surface area (Å²) < 4.78 is 19.3. The molecular weight excluding hydrogens is 449 g/mol. The molecule has 0 saturated carbocycles. The van der Waals surface area contributed by atoms with E-state index in [1.165, 1.54) is 19.2 Å². The Labute approximate surface area is 205 Å². The zero-order valence-electron chi connectivity index (χ0n) is 20.0. The predicted octanol–water partition coefficient (Wildman–Crippen LogP) is 3.50. The van der Waals surface area contributed by atoms with Crippen molar-refractivity contribution in [3.63, 3.8) is 0 Å². The topological polar surface area (TPSA) is 79.0 Å². The highest BCUT2D eigenvalue weighted by molar-refractivity contribution is 5.98. The van der Waals surface area contributed by atoms with Crippen LogP contribution in [-0.4, -0.2) is 66.9 Å². The molecule has 1 N–H and O–H groups in total. The first-order valence-corrected chi connectivity index (χ1v) is 12.3. The fourth-order valence-electron chi connectivity index (χ4n) is 4.92. The highest BCUT2D eigenvalue weighted by Crippen LogP contribution is 2.25. The number of ether oxygens (including phenoxy) is 1. The highest BCUT2D eigenvalue weighted by Gasteiger charge is 2.37. The first-order valence-electron chi connectivity index (χ1n) is 12.3. The summed E-state index contributed by atoms with van der Waals surface area (Å²) in [5.74, 6) is -0.840. The Morgan fingerprint density at radius 3 is 2.34 bits per heavy atom. The molecule has 0 bridgehead atoms. The van der Waals surface area contributed by atoms with Gasteiger partial charge in [-0.25, -0.2) is 4.39 Å². The number of hydrogen-bond donors (Lipinski definition) is 1. The van der Waals surface area contributed by atoms with Gasteiger partial charge in [-0.2, -0.15) is 0 Å². The SMILES string of the molecule is COc1cccc(C(=O)NC(C(=O)N2CCCCC2)C2CCN(C(=O)c3ccccc3F)CC2)c1. The maximum absolute atomic E-state index is 14.1. The summed E-state index contributed by atoms with van der Waals surface area (Å²) >= 11 is 0. The number of likely N-dealkylation sites (tertiary alicyclic amines) is 2.